The molecule has 31 heavy (non-hydrogen) atoms. The number of nitrogens with one attached hydrogen (secondary N) is 2. The number of furan rings is 1. The molecule has 0 unspecified atom stereocenters. The lowest BCUT2D eigenvalue weighted by Gasteiger charge is -2.10. The van der Waals surface area contributed by atoms with Crippen LogP contribution in [0.4, 0.5) is 5.69 Å². The number of hydrogen-bond acceptors (Lipinski definition) is 6. The van der Waals surface area contributed by atoms with Gasteiger partial charge in [0.1, 0.15) is 11.5 Å². The molecule has 0 atom stereocenters. The van der Waals surface area contributed by atoms with Crippen molar-refractivity contribution in [1.82, 2.24) is 4.72 Å². The monoisotopic (exact) mass is 439 g/mol. The van der Waals surface area contributed by atoms with Crippen LogP contribution < -0.4 is 14.8 Å². The molecule has 2 N–H and O–H groups in total. The molecule has 160 valence electrons. The number of rotatable bonds is 10. The Morgan fingerprint density at radius 3 is 2.61 bits per heavy atom. The van der Waals surface area contributed by atoms with E-state index in [-0.39, 0.29) is 17.3 Å². The van der Waals surface area contributed by atoms with Gasteiger partial charge in [-0.1, -0.05) is 6.07 Å². The highest BCUT2D eigenvalue weighted by Gasteiger charge is 2.15. The van der Waals surface area contributed by atoms with Crippen LogP contribution in [0.25, 0.3) is 0 Å². The summed E-state index contributed by atoms with van der Waals surface area (Å²) < 4.78 is 37.9. The van der Waals surface area contributed by atoms with Gasteiger partial charge in [-0.2, -0.15) is 5.26 Å². The number of nitrogens with zero attached hydrogens (tertiary/aromatic N) is 1. The second kappa shape index (κ2) is 10.4. The van der Waals surface area contributed by atoms with E-state index in [4.69, 9.17) is 14.4 Å². The molecule has 0 fully saturated rings. The van der Waals surface area contributed by atoms with E-state index in [9.17, 15) is 13.2 Å². The molecule has 0 saturated carbocycles. The van der Waals surface area contributed by atoms with Crippen LogP contribution >= 0.6 is 0 Å². The third-order valence-electron chi connectivity index (χ3n) is 4.24. The summed E-state index contributed by atoms with van der Waals surface area (Å²) in [4.78, 5) is 12.5. The highest BCUT2D eigenvalue weighted by Crippen LogP contribution is 2.19. The number of amides is 1. The number of unbranched alkanes of at least 4 members (excludes halogenated alkanes) is 1. The average molecular weight is 439 g/mol. The Bertz CT molecular complexity index is 1150. The largest absolute Gasteiger partial charge is 0.493 e. The Morgan fingerprint density at radius 2 is 1.90 bits per heavy atom. The molecule has 0 aliphatic carbocycles. The van der Waals surface area contributed by atoms with E-state index in [1.54, 1.807) is 36.4 Å². The van der Waals surface area contributed by atoms with Crippen molar-refractivity contribution in [2.75, 3.05) is 11.9 Å². The van der Waals surface area contributed by atoms with Crippen molar-refractivity contribution in [3.05, 3.63) is 78.3 Å². The van der Waals surface area contributed by atoms with Gasteiger partial charge in [0.05, 0.1) is 30.4 Å². The van der Waals surface area contributed by atoms with Crippen molar-refractivity contribution < 1.29 is 22.4 Å². The van der Waals surface area contributed by atoms with Crippen molar-refractivity contribution >= 4 is 21.6 Å². The summed E-state index contributed by atoms with van der Waals surface area (Å²) in [7, 11) is -3.73. The van der Waals surface area contributed by atoms with Gasteiger partial charge in [-0.3, -0.25) is 4.79 Å². The lowest BCUT2D eigenvalue weighted by molar-refractivity contribution is 0.102. The predicted molar refractivity (Wildman–Crippen MR) is 114 cm³/mol. The Labute approximate surface area is 180 Å². The topological polar surface area (TPSA) is 121 Å². The second-order valence-corrected chi connectivity index (χ2v) is 8.29. The van der Waals surface area contributed by atoms with Crippen LogP contribution in [-0.4, -0.2) is 20.9 Å². The summed E-state index contributed by atoms with van der Waals surface area (Å²) in [6.07, 6.45) is 2.51. The molecule has 0 radical (unpaired) electrons. The minimum absolute atomic E-state index is 0.0342. The first-order valence-corrected chi connectivity index (χ1v) is 11.0. The number of anilines is 1. The van der Waals surface area contributed by atoms with Crippen LogP contribution in [0.1, 0.15) is 29.0 Å². The zero-order valence-electron chi connectivity index (χ0n) is 16.6. The highest BCUT2D eigenvalue weighted by atomic mass is 32.2. The fraction of sp³-hybridized carbons (Fsp3) is 0.182. The van der Waals surface area contributed by atoms with Crippen LogP contribution in [0.2, 0.25) is 0 Å². The third kappa shape index (κ3) is 6.44. The molecule has 1 aromatic heterocycles. The predicted octanol–water partition coefficient (Wildman–Crippen LogP) is 3.69. The molecule has 9 heteroatoms. The van der Waals surface area contributed by atoms with E-state index >= 15 is 0 Å². The van der Waals surface area contributed by atoms with Crippen LogP contribution in [0.3, 0.4) is 0 Å². The number of ether oxygens (including phenoxy) is 1. The number of sulfonamides is 1. The maximum absolute atomic E-state index is 12.5. The minimum atomic E-state index is -3.73. The lowest BCUT2D eigenvalue weighted by atomic mass is 10.2. The molecule has 0 spiro atoms. The highest BCUT2D eigenvalue weighted by molar-refractivity contribution is 7.89. The normalized spacial score (nSPS) is 10.9. The Kier molecular flexibility index (Phi) is 7.43. The molecular formula is C22H21N3O5S. The van der Waals surface area contributed by atoms with E-state index in [0.717, 1.165) is 0 Å². The fourth-order valence-corrected chi connectivity index (χ4v) is 3.65. The summed E-state index contributed by atoms with van der Waals surface area (Å²) >= 11 is 0. The van der Waals surface area contributed by atoms with Crippen molar-refractivity contribution in [2.45, 2.75) is 24.3 Å². The van der Waals surface area contributed by atoms with Gasteiger partial charge in [-0.25, -0.2) is 13.1 Å². The van der Waals surface area contributed by atoms with Gasteiger partial charge in [0.25, 0.3) is 5.91 Å². The Hall–Kier alpha value is -3.61. The molecule has 3 aromatic rings. The zero-order valence-corrected chi connectivity index (χ0v) is 17.4. The molecule has 8 nitrogen and oxygen atoms in total. The van der Waals surface area contributed by atoms with Gasteiger partial charge >= 0.3 is 0 Å². The number of carbonyl (C=O) groups is 1. The van der Waals surface area contributed by atoms with E-state index in [1.165, 1.54) is 30.5 Å². The maximum atomic E-state index is 12.5. The lowest BCUT2D eigenvalue weighted by Crippen LogP contribution is -2.23. The van der Waals surface area contributed by atoms with Crippen molar-refractivity contribution in [3.63, 3.8) is 0 Å². The SMILES string of the molecule is N#CCCCOc1cccc(NC(=O)c2ccc(S(=O)(=O)NCc3ccco3)cc2)c1. The van der Waals surface area contributed by atoms with Crippen molar-refractivity contribution in [1.29, 1.82) is 5.26 Å². The third-order valence-corrected chi connectivity index (χ3v) is 5.65. The van der Waals surface area contributed by atoms with E-state index in [1.807, 2.05) is 0 Å². The molecule has 0 bridgehead atoms. The van der Waals surface area contributed by atoms with E-state index in [2.05, 4.69) is 16.1 Å². The number of hydrogen-bond donors (Lipinski definition) is 2. The van der Waals surface area contributed by atoms with Gasteiger partial charge in [-0.05, 0) is 55.0 Å². The van der Waals surface area contributed by atoms with Gasteiger partial charge < -0.3 is 14.5 Å². The van der Waals surface area contributed by atoms with Crippen LogP contribution in [-0.2, 0) is 16.6 Å². The molecule has 0 saturated heterocycles. The number of benzene rings is 2. The van der Waals surface area contributed by atoms with Crippen LogP contribution in [0.5, 0.6) is 5.75 Å². The molecule has 1 heterocycles. The molecule has 2 aromatic carbocycles. The molecule has 3 rings (SSSR count). The Balaban J connectivity index is 1.59. The Morgan fingerprint density at radius 1 is 1.10 bits per heavy atom. The van der Waals surface area contributed by atoms with Crippen molar-refractivity contribution in [2.24, 2.45) is 0 Å². The molecule has 0 aliphatic heterocycles. The minimum Gasteiger partial charge on any atom is -0.493 e. The van der Waals surface area contributed by atoms with Gasteiger partial charge in [0.15, 0.2) is 0 Å². The average Bonchev–Trinajstić information content (AvgIpc) is 3.30. The summed E-state index contributed by atoms with van der Waals surface area (Å²) in [6, 6.07) is 17.9. The fourth-order valence-electron chi connectivity index (χ4n) is 2.66. The summed E-state index contributed by atoms with van der Waals surface area (Å²) in [5, 5.41) is 11.3. The van der Waals surface area contributed by atoms with Gasteiger partial charge in [0, 0.05) is 23.7 Å². The van der Waals surface area contributed by atoms with Gasteiger partial charge in [-0.15, -0.1) is 0 Å². The van der Waals surface area contributed by atoms with Crippen LogP contribution in [0, 0.1) is 11.3 Å². The van der Waals surface area contributed by atoms with Gasteiger partial charge in [0.2, 0.25) is 10.0 Å². The first-order valence-electron chi connectivity index (χ1n) is 9.51. The second-order valence-electron chi connectivity index (χ2n) is 6.52. The molecular weight excluding hydrogens is 418 g/mol. The summed E-state index contributed by atoms with van der Waals surface area (Å²) in [6.45, 7) is 0.446. The van der Waals surface area contributed by atoms with E-state index in [0.29, 0.717) is 42.2 Å². The molecule has 1 amide bonds. The van der Waals surface area contributed by atoms with Crippen molar-refractivity contribution in [3.8, 4) is 11.8 Å². The zero-order chi connectivity index (χ0) is 22.1. The molecule has 0 aliphatic rings. The van der Waals surface area contributed by atoms with E-state index < -0.39 is 10.0 Å². The number of carbonyl (C=O) groups excluding carboxylic acids is 1. The summed E-state index contributed by atoms with van der Waals surface area (Å²) in [5.74, 6) is 0.699. The maximum Gasteiger partial charge on any atom is 0.255 e. The first-order chi connectivity index (χ1) is 15.0. The first kappa shape index (κ1) is 22.1. The standard InChI is InChI=1S/C22H21N3O5S/c23-12-1-2-13-29-19-6-3-5-18(15-19)25-22(26)17-8-10-21(11-9-17)31(27,28)24-16-20-7-4-14-30-20/h3-11,14-15,24H,1-2,13,16H2,(H,25,26). The number of nitriles is 1. The van der Waals surface area contributed by atoms with Crippen LogP contribution in [0.15, 0.2) is 76.2 Å². The summed E-state index contributed by atoms with van der Waals surface area (Å²) in [5.41, 5.74) is 0.852. The quantitative estimate of drug-likeness (QED) is 0.465. The smallest absolute Gasteiger partial charge is 0.255 e.